The van der Waals surface area contributed by atoms with Gasteiger partial charge in [-0.15, -0.1) is 0 Å². The fourth-order valence-electron chi connectivity index (χ4n) is 5.81. The Balaban J connectivity index is 1.77. The summed E-state index contributed by atoms with van der Waals surface area (Å²) in [6.45, 7) is 6.82. The lowest BCUT2D eigenvalue weighted by Gasteiger charge is -2.20. The molecule has 0 saturated heterocycles. The van der Waals surface area contributed by atoms with Crippen LogP contribution in [0.5, 0.6) is 0 Å². The number of benzene rings is 6. The Morgan fingerprint density at radius 2 is 1.03 bits per heavy atom. The van der Waals surface area contributed by atoms with E-state index >= 15 is 0 Å². The summed E-state index contributed by atoms with van der Waals surface area (Å²) in [5, 5.41) is 10.4. The molecule has 1 nitrogen and oxygen atoms in total. The Morgan fingerprint density at radius 3 is 1.71 bits per heavy atom. The van der Waals surface area contributed by atoms with Gasteiger partial charge in [0.25, 0.3) is 0 Å². The lowest BCUT2D eigenvalue weighted by Crippen LogP contribution is -2.10. The molecule has 0 aliphatic heterocycles. The first kappa shape index (κ1) is 20.3. The predicted molar refractivity (Wildman–Crippen MR) is 152 cm³/mol. The highest BCUT2D eigenvalue weighted by molar-refractivity contribution is 6.34. The third kappa shape index (κ3) is 2.88. The molecule has 0 atom stereocenters. The van der Waals surface area contributed by atoms with Crippen LogP contribution in [0.2, 0.25) is 0 Å². The largest absolute Gasteiger partial charge is 0.308 e. The summed E-state index contributed by atoms with van der Waals surface area (Å²) < 4.78 is 2.51. The van der Waals surface area contributed by atoms with E-state index in [4.69, 9.17) is 0 Å². The van der Waals surface area contributed by atoms with E-state index in [1.807, 2.05) is 0 Å². The fourth-order valence-corrected chi connectivity index (χ4v) is 5.81. The molecule has 7 aromatic rings. The summed E-state index contributed by atoms with van der Waals surface area (Å²) >= 11 is 0. The Kier molecular flexibility index (Phi) is 4.17. The minimum Gasteiger partial charge on any atom is -0.308 e. The van der Waals surface area contributed by atoms with Crippen molar-refractivity contribution in [3.8, 4) is 5.69 Å². The van der Waals surface area contributed by atoms with Crippen molar-refractivity contribution in [3.05, 3.63) is 115 Å². The Labute approximate surface area is 205 Å². The summed E-state index contributed by atoms with van der Waals surface area (Å²) in [6.07, 6.45) is 0. The maximum Gasteiger partial charge on any atom is 0.0626 e. The second-order valence-corrected chi connectivity index (χ2v) is 10.6. The highest BCUT2D eigenvalue weighted by Crippen LogP contribution is 2.44. The number of hydrogen-bond acceptors (Lipinski definition) is 0. The topological polar surface area (TPSA) is 4.93 Å². The summed E-state index contributed by atoms with van der Waals surface area (Å²) in [7, 11) is 0. The van der Waals surface area contributed by atoms with Gasteiger partial charge in [-0.25, -0.2) is 0 Å². The Bertz CT molecular complexity index is 1910. The quantitative estimate of drug-likeness (QED) is 0.220. The van der Waals surface area contributed by atoms with Crippen LogP contribution in [-0.4, -0.2) is 4.57 Å². The van der Waals surface area contributed by atoms with E-state index in [2.05, 4.69) is 135 Å². The first-order valence-electron chi connectivity index (χ1n) is 12.4. The van der Waals surface area contributed by atoms with E-state index in [-0.39, 0.29) is 5.41 Å². The number of rotatable bonds is 1. The van der Waals surface area contributed by atoms with Crippen LogP contribution in [0.3, 0.4) is 0 Å². The van der Waals surface area contributed by atoms with Crippen molar-refractivity contribution in [2.75, 3.05) is 0 Å². The molecule has 6 aromatic carbocycles. The zero-order valence-electron chi connectivity index (χ0n) is 20.3. The number of fused-ring (bicyclic) bond motifs is 10. The van der Waals surface area contributed by atoms with Gasteiger partial charge in [-0.3, -0.25) is 0 Å². The summed E-state index contributed by atoms with van der Waals surface area (Å²) in [6, 6.07) is 40.3. The van der Waals surface area contributed by atoms with Crippen molar-refractivity contribution in [3.63, 3.8) is 0 Å². The molecule has 0 fully saturated rings. The second kappa shape index (κ2) is 7.20. The molecule has 1 aromatic heterocycles. The van der Waals surface area contributed by atoms with E-state index in [0.29, 0.717) is 0 Å². The molecule has 168 valence electrons. The third-order valence-electron chi connectivity index (χ3n) is 7.51. The molecule has 0 N–H and O–H groups in total. The molecular formula is C34H27N. The molecular weight excluding hydrogens is 422 g/mol. The first-order chi connectivity index (χ1) is 17.0. The molecule has 1 heterocycles. The molecule has 0 saturated carbocycles. The summed E-state index contributed by atoms with van der Waals surface area (Å²) in [5.74, 6) is 0. The van der Waals surface area contributed by atoms with E-state index < -0.39 is 0 Å². The third-order valence-corrected chi connectivity index (χ3v) is 7.51. The summed E-state index contributed by atoms with van der Waals surface area (Å²) in [4.78, 5) is 0. The standard InChI is InChI=1S/C34H27N/c1-34(2,3)23-17-19-24(20-18-23)35-32-25-11-5-4-10-22(25)16-21-30(32)31-28-14-8-6-12-26(28)27-13-7-9-15-29(27)33(31)35/h4-21H,1-3H3. The minimum absolute atomic E-state index is 0.120. The van der Waals surface area contributed by atoms with Crippen LogP contribution >= 0.6 is 0 Å². The van der Waals surface area contributed by atoms with Gasteiger partial charge in [0.2, 0.25) is 0 Å². The lowest BCUT2D eigenvalue weighted by molar-refractivity contribution is 0.590. The zero-order valence-corrected chi connectivity index (χ0v) is 20.3. The van der Waals surface area contributed by atoms with Gasteiger partial charge in [-0.1, -0.05) is 118 Å². The normalized spacial score (nSPS) is 12.4. The van der Waals surface area contributed by atoms with E-state index in [1.54, 1.807) is 0 Å². The van der Waals surface area contributed by atoms with Gasteiger partial charge in [0.05, 0.1) is 11.0 Å². The van der Waals surface area contributed by atoms with Crippen LogP contribution in [-0.2, 0) is 5.41 Å². The van der Waals surface area contributed by atoms with E-state index in [9.17, 15) is 0 Å². The molecule has 0 radical (unpaired) electrons. The minimum atomic E-state index is 0.120. The van der Waals surface area contributed by atoms with Crippen molar-refractivity contribution < 1.29 is 0 Å². The molecule has 0 bridgehead atoms. The fraction of sp³-hybridized carbons (Fsp3) is 0.118. The van der Waals surface area contributed by atoms with Crippen LogP contribution in [0.1, 0.15) is 26.3 Å². The monoisotopic (exact) mass is 449 g/mol. The van der Waals surface area contributed by atoms with Crippen molar-refractivity contribution in [1.82, 2.24) is 4.57 Å². The van der Waals surface area contributed by atoms with Gasteiger partial charge in [0, 0.05) is 27.2 Å². The summed E-state index contributed by atoms with van der Waals surface area (Å²) in [5.41, 5.74) is 5.24. The Hall–Kier alpha value is -4.10. The predicted octanol–water partition coefficient (Wildman–Crippen LogP) is 9.54. The highest BCUT2D eigenvalue weighted by Gasteiger charge is 2.21. The van der Waals surface area contributed by atoms with Gasteiger partial charge < -0.3 is 4.57 Å². The Morgan fingerprint density at radius 1 is 0.457 bits per heavy atom. The molecule has 0 spiro atoms. The highest BCUT2D eigenvalue weighted by atomic mass is 15.0. The van der Waals surface area contributed by atoms with E-state index in [0.717, 1.165) is 0 Å². The molecule has 7 rings (SSSR count). The van der Waals surface area contributed by atoms with Crippen LogP contribution in [0.25, 0.3) is 59.8 Å². The maximum absolute atomic E-state index is 2.51. The van der Waals surface area contributed by atoms with Crippen molar-refractivity contribution in [2.24, 2.45) is 0 Å². The van der Waals surface area contributed by atoms with Crippen molar-refractivity contribution >= 4 is 54.1 Å². The molecule has 0 aliphatic rings. The van der Waals surface area contributed by atoms with Gasteiger partial charge in [0.15, 0.2) is 0 Å². The van der Waals surface area contributed by atoms with Crippen LogP contribution in [0.15, 0.2) is 109 Å². The average Bonchev–Trinajstić information content (AvgIpc) is 3.25. The van der Waals surface area contributed by atoms with Gasteiger partial charge >= 0.3 is 0 Å². The SMILES string of the molecule is CC(C)(C)c1ccc(-n2c3c4ccccc4ccc3c3c4ccccc4c4ccccc4c32)cc1. The van der Waals surface area contributed by atoms with Gasteiger partial charge in [0.1, 0.15) is 0 Å². The molecule has 35 heavy (non-hydrogen) atoms. The van der Waals surface area contributed by atoms with Crippen molar-refractivity contribution in [1.29, 1.82) is 0 Å². The van der Waals surface area contributed by atoms with Crippen LogP contribution in [0.4, 0.5) is 0 Å². The number of aromatic nitrogens is 1. The zero-order chi connectivity index (χ0) is 23.7. The van der Waals surface area contributed by atoms with E-state index in [1.165, 1.54) is 65.4 Å². The maximum atomic E-state index is 2.51. The lowest BCUT2D eigenvalue weighted by atomic mass is 9.87. The van der Waals surface area contributed by atoms with Gasteiger partial charge in [-0.2, -0.15) is 0 Å². The second-order valence-electron chi connectivity index (χ2n) is 10.6. The van der Waals surface area contributed by atoms with Crippen molar-refractivity contribution in [2.45, 2.75) is 26.2 Å². The first-order valence-corrected chi connectivity index (χ1v) is 12.4. The smallest absolute Gasteiger partial charge is 0.0626 e. The number of hydrogen-bond donors (Lipinski definition) is 0. The molecule has 0 unspecified atom stereocenters. The molecule has 0 amide bonds. The number of nitrogens with zero attached hydrogens (tertiary/aromatic N) is 1. The molecule has 1 heteroatoms. The van der Waals surface area contributed by atoms with Crippen LogP contribution in [0, 0.1) is 0 Å². The molecule has 0 aliphatic carbocycles. The van der Waals surface area contributed by atoms with Gasteiger partial charge in [-0.05, 0) is 44.7 Å². The van der Waals surface area contributed by atoms with Crippen LogP contribution < -0.4 is 0 Å². The average molecular weight is 450 g/mol.